The highest BCUT2D eigenvalue weighted by Crippen LogP contribution is 2.42. The number of fused-ring (bicyclic) bond motifs is 2. The third-order valence-corrected chi connectivity index (χ3v) is 7.75. The summed E-state index contributed by atoms with van der Waals surface area (Å²) in [6, 6.07) is 3.53. The summed E-state index contributed by atoms with van der Waals surface area (Å²) >= 11 is 0. The molecule has 0 amide bonds. The summed E-state index contributed by atoms with van der Waals surface area (Å²) < 4.78 is 55.4. The first-order valence-electron chi connectivity index (χ1n) is 9.95. The van der Waals surface area contributed by atoms with Gasteiger partial charge in [-0.15, -0.1) is 0 Å². The lowest BCUT2D eigenvalue weighted by Gasteiger charge is -2.16. The zero-order valence-electron chi connectivity index (χ0n) is 16.9. The van der Waals surface area contributed by atoms with Crippen LogP contribution in [-0.2, 0) is 32.9 Å². The maximum atomic E-state index is 13.3. The predicted octanol–water partition coefficient (Wildman–Crippen LogP) is 2.06. The molecule has 0 spiro atoms. The highest BCUT2D eigenvalue weighted by atomic mass is 32.2. The first-order chi connectivity index (χ1) is 13.5. The first-order valence-corrected chi connectivity index (χ1v) is 13.3. The smallest absolute Gasteiger partial charge is 0.241 e. The fraction of sp³-hybridized carbons (Fsp3) is 0.550. The Balaban J connectivity index is 1.86. The molecule has 1 atom stereocenters. The van der Waals surface area contributed by atoms with Gasteiger partial charge in [-0.1, -0.05) is 13.8 Å². The van der Waals surface area contributed by atoms with Crippen molar-refractivity contribution in [2.75, 3.05) is 12.8 Å². The SMILES string of the molecule is CC(C)CNS(=O)(=O)c1c2c(cc3cnc(C4CC4)cc13)CC(NS(C)(=O)=O)C2. The molecule has 2 N–H and O–H groups in total. The average molecular weight is 438 g/mol. The Labute approximate surface area is 172 Å². The molecule has 1 aromatic heterocycles. The van der Waals surface area contributed by atoms with Gasteiger partial charge in [0.25, 0.3) is 0 Å². The quantitative estimate of drug-likeness (QED) is 0.690. The minimum atomic E-state index is -3.75. The molecule has 0 bridgehead atoms. The van der Waals surface area contributed by atoms with E-state index in [0.717, 1.165) is 35.7 Å². The van der Waals surface area contributed by atoms with Crippen molar-refractivity contribution in [3.63, 3.8) is 0 Å². The molecular weight excluding hydrogens is 410 g/mol. The van der Waals surface area contributed by atoms with Gasteiger partial charge in [-0.05, 0) is 54.9 Å². The van der Waals surface area contributed by atoms with E-state index < -0.39 is 20.0 Å². The van der Waals surface area contributed by atoms with Crippen molar-refractivity contribution in [2.24, 2.45) is 5.92 Å². The van der Waals surface area contributed by atoms with E-state index in [-0.39, 0.29) is 16.9 Å². The van der Waals surface area contributed by atoms with Crippen LogP contribution in [0.25, 0.3) is 10.8 Å². The Morgan fingerprint density at radius 1 is 1.14 bits per heavy atom. The molecule has 2 aliphatic carbocycles. The standard InChI is InChI=1S/C20H27N3O4S2/c1-12(2)10-22-29(26,27)20-17-8-16(23-28(3,24)25)7-14(17)6-15-11-21-19(9-18(15)20)13-4-5-13/h6,9,11-13,16,22-23H,4-5,7-8,10H2,1-3H3. The van der Waals surface area contributed by atoms with Crippen LogP contribution < -0.4 is 9.44 Å². The monoisotopic (exact) mass is 437 g/mol. The van der Waals surface area contributed by atoms with Gasteiger partial charge in [0.2, 0.25) is 20.0 Å². The fourth-order valence-corrected chi connectivity index (χ4v) is 6.49. The topological polar surface area (TPSA) is 105 Å². The van der Waals surface area contributed by atoms with E-state index in [0.29, 0.717) is 36.3 Å². The number of nitrogens with zero attached hydrogens (tertiary/aromatic N) is 1. The number of benzene rings is 1. The van der Waals surface area contributed by atoms with Crippen molar-refractivity contribution in [3.8, 4) is 0 Å². The second kappa shape index (κ2) is 7.30. The molecule has 1 unspecified atom stereocenters. The number of rotatable bonds is 7. The van der Waals surface area contributed by atoms with Crippen molar-refractivity contribution in [3.05, 3.63) is 35.2 Å². The number of aromatic nitrogens is 1. The molecule has 4 rings (SSSR count). The van der Waals surface area contributed by atoms with Crippen LogP contribution in [-0.4, -0.2) is 40.7 Å². The molecule has 2 aliphatic rings. The van der Waals surface area contributed by atoms with E-state index in [4.69, 9.17) is 0 Å². The molecule has 9 heteroatoms. The zero-order valence-corrected chi connectivity index (χ0v) is 18.5. The van der Waals surface area contributed by atoms with Crippen LogP contribution in [0.15, 0.2) is 23.2 Å². The summed E-state index contributed by atoms with van der Waals surface area (Å²) in [6.45, 7) is 4.26. The Morgan fingerprint density at radius 3 is 2.48 bits per heavy atom. The third kappa shape index (κ3) is 4.47. The summed E-state index contributed by atoms with van der Waals surface area (Å²) in [5.41, 5.74) is 2.51. The summed E-state index contributed by atoms with van der Waals surface area (Å²) in [5, 5.41) is 1.45. The van der Waals surface area contributed by atoms with Gasteiger partial charge >= 0.3 is 0 Å². The van der Waals surface area contributed by atoms with Crippen molar-refractivity contribution < 1.29 is 16.8 Å². The molecule has 1 fully saturated rings. The van der Waals surface area contributed by atoms with Crippen LogP contribution in [0.5, 0.6) is 0 Å². The van der Waals surface area contributed by atoms with E-state index >= 15 is 0 Å². The lowest BCUT2D eigenvalue weighted by atomic mass is 10.0. The summed E-state index contributed by atoms with van der Waals surface area (Å²) in [4.78, 5) is 4.83. The van der Waals surface area contributed by atoms with Crippen LogP contribution in [0.4, 0.5) is 0 Å². The highest BCUT2D eigenvalue weighted by Gasteiger charge is 2.33. The van der Waals surface area contributed by atoms with Crippen molar-refractivity contribution in [1.82, 2.24) is 14.4 Å². The van der Waals surface area contributed by atoms with Gasteiger partial charge in [0.15, 0.2) is 0 Å². The fourth-order valence-electron chi connectivity index (χ4n) is 4.01. The maximum absolute atomic E-state index is 13.3. The lowest BCUT2D eigenvalue weighted by molar-refractivity contribution is 0.557. The van der Waals surface area contributed by atoms with Gasteiger partial charge in [0.05, 0.1) is 11.2 Å². The van der Waals surface area contributed by atoms with Crippen molar-refractivity contribution in [1.29, 1.82) is 0 Å². The Kier molecular flexibility index (Phi) is 5.21. The molecule has 0 aliphatic heterocycles. The Bertz CT molecular complexity index is 1170. The van der Waals surface area contributed by atoms with Crippen LogP contribution in [0.1, 0.15) is 49.4 Å². The molecule has 29 heavy (non-hydrogen) atoms. The second-order valence-corrected chi connectivity index (χ2v) is 12.2. The lowest BCUT2D eigenvalue weighted by Crippen LogP contribution is -2.34. The average Bonchev–Trinajstić information content (AvgIpc) is 3.37. The van der Waals surface area contributed by atoms with Crippen LogP contribution in [0.2, 0.25) is 0 Å². The van der Waals surface area contributed by atoms with Crippen molar-refractivity contribution >= 4 is 30.8 Å². The van der Waals surface area contributed by atoms with Crippen LogP contribution in [0.3, 0.4) is 0 Å². The molecular formula is C20H27N3O4S2. The van der Waals surface area contributed by atoms with Gasteiger partial charge in [-0.2, -0.15) is 0 Å². The molecule has 1 saturated carbocycles. The van der Waals surface area contributed by atoms with E-state index in [1.165, 1.54) is 0 Å². The summed E-state index contributed by atoms with van der Waals surface area (Å²) in [7, 11) is -7.13. The van der Waals surface area contributed by atoms with Crippen LogP contribution in [0, 0.1) is 5.92 Å². The Morgan fingerprint density at radius 2 is 1.86 bits per heavy atom. The highest BCUT2D eigenvalue weighted by molar-refractivity contribution is 7.89. The van der Waals surface area contributed by atoms with Gasteiger partial charge in [0, 0.05) is 41.2 Å². The van der Waals surface area contributed by atoms with Crippen LogP contribution >= 0.6 is 0 Å². The van der Waals surface area contributed by atoms with E-state index in [9.17, 15) is 16.8 Å². The zero-order chi connectivity index (χ0) is 21.0. The van der Waals surface area contributed by atoms with Gasteiger partial charge in [-0.3, -0.25) is 4.98 Å². The minimum Gasteiger partial charge on any atom is -0.260 e. The number of pyridine rings is 1. The number of nitrogens with one attached hydrogen (secondary N) is 2. The number of hydrogen-bond acceptors (Lipinski definition) is 5. The molecule has 1 aromatic carbocycles. The minimum absolute atomic E-state index is 0.177. The maximum Gasteiger partial charge on any atom is 0.241 e. The normalized spacial score (nSPS) is 19.8. The first kappa shape index (κ1) is 20.7. The molecule has 1 heterocycles. The van der Waals surface area contributed by atoms with E-state index in [1.807, 2.05) is 26.0 Å². The number of hydrogen-bond donors (Lipinski definition) is 2. The molecule has 158 valence electrons. The largest absolute Gasteiger partial charge is 0.260 e. The van der Waals surface area contributed by atoms with Gasteiger partial charge < -0.3 is 0 Å². The summed E-state index contributed by atoms with van der Waals surface area (Å²) in [6.07, 6.45) is 5.87. The molecule has 7 nitrogen and oxygen atoms in total. The Hall–Kier alpha value is -1.55. The van der Waals surface area contributed by atoms with E-state index in [1.54, 1.807) is 6.20 Å². The number of sulfonamides is 2. The predicted molar refractivity (Wildman–Crippen MR) is 113 cm³/mol. The van der Waals surface area contributed by atoms with Gasteiger partial charge in [0.1, 0.15) is 0 Å². The van der Waals surface area contributed by atoms with Crippen molar-refractivity contribution in [2.45, 2.75) is 56.4 Å². The second-order valence-electron chi connectivity index (χ2n) is 8.69. The third-order valence-electron chi connectivity index (χ3n) is 5.44. The van der Waals surface area contributed by atoms with E-state index in [2.05, 4.69) is 14.4 Å². The molecule has 2 aromatic rings. The summed E-state index contributed by atoms with van der Waals surface area (Å²) in [5.74, 6) is 0.586. The van der Waals surface area contributed by atoms with Gasteiger partial charge in [-0.25, -0.2) is 26.3 Å². The molecule has 0 radical (unpaired) electrons. The molecule has 0 saturated heterocycles.